The van der Waals surface area contributed by atoms with E-state index in [-0.39, 0.29) is 11.4 Å². The van der Waals surface area contributed by atoms with Gasteiger partial charge in [-0.1, -0.05) is 34.1 Å². The maximum absolute atomic E-state index is 13.0. The molecule has 3 nitrogen and oxygen atoms in total. The first kappa shape index (κ1) is 13.5. The summed E-state index contributed by atoms with van der Waals surface area (Å²) in [6.45, 7) is 0.408. The van der Waals surface area contributed by atoms with E-state index in [0.29, 0.717) is 16.7 Å². The SMILES string of the molecule is O=C(O)c1ccccc1NCc1ccc(F)cc1Br. The van der Waals surface area contributed by atoms with E-state index < -0.39 is 5.97 Å². The smallest absolute Gasteiger partial charge is 0.337 e. The van der Waals surface area contributed by atoms with Gasteiger partial charge in [0.2, 0.25) is 0 Å². The fourth-order valence-electron chi connectivity index (χ4n) is 1.68. The molecule has 0 bridgehead atoms. The Morgan fingerprint density at radius 3 is 2.68 bits per heavy atom. The molecule has 0 aliphatic heterocycles. The molecule has 0 amide bonds. The molecule has 0 radical (unpaired) electrons. The van der Waals surface area contributed by atoms with E-state index in [0.717, 1.165) is 5.56 Å². The number of halogens is 2. The summed E-state index contributed by atoms with van der Waals surface area (Å²) in [5, 5.41) is 12.1. The number of anilines is 1. The van der Waals surface area contributed by atoms with Crippen molar-refractivity contribution >= 4 is 27.6 Å². The summed E-state index contributed by atoms with van der Waals surface area (Å²) in [4.78, 5) is 11.0. The van der Waals surface area contributed by atoms with Crippen LogP contribution in [0.3, 0.4) is 0 Å². The van der Waals surface area contributed by atoms with Crippen LogP contribution >= 0.6 is 15.9 Å². The lowest BCUT2D eigenvalue weighted by molar-refractivity contribution is 0.0698. The lowest BCUT2D eigenvalue weighted by Crippen LogP contribution is -2.06. The number of benzene rings is 2. The average molecular weight is 324 g/mol. The summed E-state index contributed by atoms with van der Waals surface area (Å²) in [5.41, 5.74) is 1.59. The molecule has 98 valence electrons. The molecule has 2 aromatic rings. The molecule has 0 aliphatic rings. The molecule has 2 aromatic carbocycles. The Balaban J connectivity index is 2.17. The normalized spacial score (nSPS) is 10.2. The molecular formula is C14H11BrFNO2. The van der Waals surface area contributed by atoms with Crippen LogP contribution in [0, 0.1) is 5.82 Å². The van der Waals surface area contributed by atoms with Gasteiger partial charge >= 0.3 is 5.97 Å². The quantitative estimate of drug-likeness (QED) is 0.897. The molecule has 0 heterocycles. The minimum atomic E-state index is -0.985. The van der Waals surface area contributed by atoms with Gasteiger partial charge in [0, 0.05) is 16.7 Å². The van der Waals surface area contributed by atoms with Gasteiger partial charge in [-0.05, 0) is 29.8 Å². The third-order valence-corrected chi connectivity index (χ3v) is 3.38. The van der Waals surface area contributed by atoms with Crippen molar-refractivity contribution in [3.8, 4) is 0 Å². The third kappa shape index (κ3) is 3.32. The van der Waals surface area contributed by atoms with Crippen LogP contribution in [0.5, 0.6) is 0 Å². The maximum Gasteiger partial charge on any atom is 0.337 e. The summed E-state index contributed by atoms with van der Waals surface area (Å²) >= 11 is 3.27. The molecular weight excluding hydrogens is 313 g/mol. The lowest BCUT2D eigenvalue weighted by atomic mass is 10.1. The van der Waals surface area contributed by atoms with Gasteiger partial charge in [0.1, 0.15) is 5.82 Å². The van der Waals surface area contributed by atoms with Crippen LogP contribution < -0.4 is 5.32 Å². The van der Waals surface area contributed by atoms with Gasteiger partial charge in [0.05, 0.1) is 5.56 Å². The monoisotopic (exact) mass is 323 g/mol. The number of carboxylic acid groups (broad SMARTS) is 1. The molecule has 2 rings (SSSR count). The summed E-state index contributed by atoms with van der Waals surface area (Å²) < 4.78 is 13.6. The molecule has 19 heavy (non-hydrogen) atoms. The Hall–Kier alpha value is -1.88. The van der Waals surface area contributed by atoms with Crippen LogP contribution in [-0.4, -0.2) is 11.1 Å². The van der Waals surface area contributed by atoms with Gasteiger partial charge in [-0.3, -0.25) is 0 Å². The topological polar surface area (TPSA) is 49.3 Å². The summed E-state index contributed by atoms with van der Waals surface area (Å²) in [5.74, 6) is -1.30. The second-order valence-corrected chi connectivity index (χ2v) is 4.79. The molecule has 5 heteroatoms. The van der Waals surface area contributed by atoms with E-state index in [1.807, 2.05) is 0 Å². The van der Waals surface area contributed by atoms with E-state index >= 15 is 0 Å². The molecule has 0 saturated heterocycles. The zero-order chi connectivity index (χ0) is 13.8. The summed E-state index contributed by atoms with van der Waals surface area (Å²) in [6, 6.07) is 11.0. The molecule has 0 saturated carbocycles. The van der Waals surface area contributed by atoms with Crippen LogP contribution in [0.1, 0.15) is 15.9 Å². The van der Waals surface area contributed by atoms with Crippen molar-refractivity contribution in [2.45, 2.75) is 6.54 Å². The van der Waals surface area contributed by atoms with Crippen LogP contribution in [0.25, 0.3) is 0 Å². The predicted molar refractivity (Wildman–Crippen MR) is 74.8 cm³/mol. The fraction of sp³-hybridized carbons (Fsp3) is 0.0714. The number of rotatable bonds is 4. The standard InChI is InChI=1S/C14H11BrFNO2/c15-12-7-10(16)6-5-9(12)8-17-13-4-2-1-3-11(13)14(18)19/h1-7,17H,8H2,(H,18,19). The van der Waals surface area contributed by atoms with Crippen LogP contribution in [0.4, 0.5) is 10.1 Å². The maximum atomic E-state index is 13.0. The van der Waals surface area contributed by atoms with Crippen LogP contribution in [0.2, 0.25) is 0 Å². The number of para-hydroxylation sites is 1. The molecule has 0 aliphatic carbocycles. The van der Waals surface area contributed by atoms with E-state index in [1.165, 1.54) is 18.2 Å². The summed E-state index contributed by atoms with van der Waals surface area (Å²) in [6.07, 6.45) is 0. The molecule has 0 unspecified atom stereocenters. The second-order valence-electron chi connectivity index (χ2n) is 3.94. The molecule has 2 N–H and O–H groups in total. The first-order chi connectivity index (χ1) is 9.08. The Labute approximate surface area is 118 Å². The zero-order valence-electron chi connectivity index (χ0n) is 9.86. The number of hydrogen-bond donors (Lipinski definition) is 2. The van der Waals surface area contributed by atoms with Crippen molar-refractivity contribution in [1.29, 1.82) is 0 Å². The molecule has 0 atom stereocenters. The van der Waals surface area contributed by atoms with Gasteiger partial charge < -0.3 is 10.4 Å². The first-order valence-electron chi connectivity index (χ1n) is 5.58. The van der Waals surface area contributed by atoms with Crippen molar-refractivity contribution < 1.29 is 14.3 Å². The minimum absolute atomic E-state index is 0.209. The van der Waals surface area contributed by atoms with Gasteiger partial charge in [-0.25, -0.2) is 9.18 Å². The highest BCUT2D eigenvalue weighted by Crippen LogP contribution is 2.21. The van der Waals surface area contributed by atoms with Gasteiger partial charge in [-0.15, -0.1) is 0 Å². The second kappa shape index (κ2) is 5.84. The highest BCUT2D eigenvalue weighted by molar-refractivity contribution is 9.10. The highest BCUT2D eigenvalue weighted by Gasteiger charge is 2.09. The Kier molecular flexibility index (Phi) is 4.16. The van der Waals surface area contributed by atoms with Crippen molar-refractivity contribution in [3.05, 3.63) is 63.9 Å². The lowest BCUT2D eigenvalue weighted by Gasteiger charge is -2.10. The van der Waals surface area contributed by atoms with E-state index in [2.05, 4.69) is 21.2 Å². The van der Waals surface area contributed by atoms with Crippen molar-refractivity contribution in [1.82, 2.24) is 0 Å². The number of carboxylic acids is 1. The molecule has 0 spiro atoms. The van der Waals surface area contributed by atoms with E-state index in [9.17, 15) is 9.18 Å². The highest BCUT2D eigenvalue weighted by atomic mass is 79.9. The van der Waals surface area contributed by atoms with E-state index in [1.54, 1.807) is 24.3 Å². The largest absolute Gasteiger partial charge is 0.478 e. The van der Waals surface area contributed by atoms with Crippen molar-refractivity contribution in [2.75, 3.05) is 5.32 Å². The van der Waals surface area contributed by atoms with E-state index in [4.69, 9.17) is 5.11 Å². The zero-order valence-corrected chi connectivity index (χ0v) is 11.4. The Morgan fingerprint density at radius 1 is 1.26 bits per heavy atom. The average Bonchev–Trinajstić information content (AvgIpc) is 2.38. The Morgan fingerprint density at radius 2 is 2.00 bits per heavy atom. The first-order valence-corrected chi connectivity index (χ1v) is 6.37. The Bertz CT molecular complexity index is 616. The number of carbonyl (C=O) groups is 1. The van der Waals surface area contributed by atoms with Gasteiger partial charge in [0.15, 0.2) is 0 Å². The fourth-order valence-corrected chi connectivity index (χ4v) is 2.17. The van der Waals surface area contributed by atoms with Gasteiger partial charge in [-0.2, -0.15) is 0 Å². The van der Waals surface area contributed by atoms with Crippen molar-refractivity contribution in [3.63, 3.8) is 0 Å². The number of nitrogens with one attached hydrogen (secondary N) is 1. The predicted octanol–water partition coefficient (Wildman–Crippen LogP) is 3.90. The molecule has 0 fully saturated rings. The van der Waals surface area contributed by atoms with Crippen LogP contribution in [-0.2, 0) is 6.54 Å². The number of aromatic carboxylic acids is 1. The minimum Gasteiger partial charge on any atom is -0.478 e. The molecule has 0 aromatic heterocycles. The van der Waals surface area contributed by atoms with Gasteiger partial charge in [0.25, 0.3) is 0 Å². The third-order valence-electron chi connectivity index (χ3n) is 2.64. The van der Waals surface area contributed by atoms with Crippen molar-refractivity contribution in [2.24, 2.45) is 0 Å². The summed E-state index contributed by atoms with van der Waals surface area (Å²) in [7, 11) is 0. The number of hydrogen-bond acceptors (Lipinski definition) is 2. The van der Waals surface area contributed by atoms with Crippen LogP contribution in [0.15, 0.2) is 46.9 Å².